The Kier molecular flexibility index (Phi) is 8.78. The molecule has 0 N–H and O–H groups in total. The van der Waals surface area contributed by atoms with Crippen molar-refractivity contribution < 1.29 is 0 Å². The third-order valence-electron chi connectivity index (χ3n) is 10.1. The van der Waals surface area contributed by atoms with Gasteiger partial charge in [-0.15, -0.1) is 0 Å². The van der Waals surface area contributed by atoms with Gasteiger partial charge in [-0.1, -0.05) is 176 Å². The number of nitrogens with zero attached hydrogens (tertiary/aromatic N) is 5. The fourth-order valence-corrected chi connectivity index (χ4v) is 8.38. The Morgan fingerprint density at radius 3 is 1.45 bits per heavy atom. The van der Waals surface area contributed by atoms with Crippen molar-refractivity contribution in [3.8, 4) is 79.2 Å². The van der Waals surface area contributed by atoms with Crippen molar-refractivity contribution >= 4 is 11.8 Å². The van der Waals surface area contributed by atoms with E-state index in [1.165, 1.54) is 20.9 Å². The molecule has 264 valence electrons. The Hall–Kier alpha value is -7.02. The third-order valence-corrected chi connectivity index (χ3v) is 11.3. The summed E-state index contributed by atoms with van der Waals surface area (Å²) in [6.07, 6.45) is 0.838. The summed E-state index contributed by atoms with van der Waals surface area (Å²) >= 11 is 1.83. The number of benzene rings is 7. The molecule has 0 amide bonds. The molecule has 0 fully saturated rings. The lowest BCUT2D eigenvalue weighted by molar-refractivity contribution is 1.05. The maximum absolute atomic E-state index is 5.24. The van der Waals surface area contributed by atoms with Gasteiger partial charge in [0.05, 0.1) is 11.4 Å². The van der Waals surface area contributed by atoms with E-state index in [-0.39, 0.29) is 0 Å². The van der Waals surface area contributed by atoms with Crippen molar-refractivity contribution in [3.63, 3.8) is 0 Å². The van der Waals surface area contributed by atoms with Gasteiger partial charge in [0, 0.05) is 49.6 Å². The summed E-state index contributed by atoms with van der Waals surface area (Å²) < 4.78 is 0. The first-order valence-corrected chi connectivity index (χ1v) is 19.4. The second-order valence-electron chi connectivity index (χ2n) is 13.7. The summed E-state index contributed by atoms with van der Waals surface area (Å²) in [5.41, 5.74) is 12.2. The van der Waals surface area contributed by atoms with Crippen LogP contribution < -0.4 is 0 Å². The van der Waals surface area contributed by atoms with Gasteiger partial charge in [0.25, 0.3) is 0 Å². The molecule has 7 aromatic carbocycles. The zero-order valence-electron chi connectivity index (χ0n) is 30.2. The van der Waals surface area contributed by atoms with Crippen LogP contribution in [0, 0.1) is 0 Å². The largest absolute Gasteiger partial charge is 0.228 e. The molecule has 1 aliphatic rings. The molecule has 56 heavy (non-hydrogen) atoms. The standard InChI is InChI=1S/C50H33N5S/c1-5-16-33(17-6-1)43-32-44(52-47(51-43)34-18-7-2-8-19-34)37-28-29-40(39-25-15-27-46-41(39)31-38-24-13-14-26-45(38)56-46)42(30-37)50-54-48(35-20-9-3-10-21-35)53-49(55-50)36-22-11-4-12-23-36/h1-30,32H,31H2. The van der Waals surface area contributed by atoms with E-state index in [4.69, 9.17) is 24.9 Å². The zero-order valence-corrected chi connectivity index (χ0v) is 31.1. The predicted molar refractivity (Wildman–Crippen MR) is 227 cm³/mol. The number of hydrogen-bond donors (Lipinski definition) is 0. The monoisotopic (exact) mass is 735 g/mol. The van der Waals surface area contributed by atoms with Gasteiger partial charge in [0.15, 0.2) is 23.3 Å². The van der Waals surface area contributed by atoms with E-state index >= 15 is 0 Å². The van der Waals surface area contributed by atoms with Crippen LogP contribution in [0.4, 0.5) is 0 Å². The molecule has 2 aromatic heterocycles. The van der Waals surface area contributed by atoms with Crippen LogP contribution in [0.2, 0.25) is 0 Å². The van der Waals surface area contributed by atoms with Gasteiger partial charge < -0.3 is 0 Å². The summed E-state index contributed by atoms with van der Waals surface area (Å²) in [4.78, 5) is 28.3. The van der Waals surface area contributed by atoms with Gasteiger partial charge in [-0.05, 0) is 46.5 Å². The van der Waals surface area contributed by atoms with E-state index in [9.17, 15) is 0 Å². The maximum atomic E-state index is 5.24. The number of aromatic nitrogens is 5. The average Bonchev–Trinajstić information content (AvgIpc) is 3.29. The Labute approximate surface area is 329 Å². The Balaban J connectivity index is 1.22. The minimum atomic E-state index is 0.594. The molecule has 9 aromatic rings. The van der Waals surface area contributed by atoms with Crippen LogP contribution in [0.25, 0.3) is 79.2 Å². The second-order valence-corrected chi connectivity index (χ2v) is 14.7. The molecule has 5 nitrogen and oxygen atoms in total. The summed E-state index contributed by atoms with van der Waals surface area (Å²) in [5.74, 6) is 2.49. The predicted octanol–water partition coefficient (Wildman–Crippen LogP) is 12.4. The van der Waals surface area contributed by atoms with Crippen LogP contribution in [0.15, 0.2) is 198 Å². The van der Waals surface area contributed by atoms with Crippen LogP contribution in [0.3, 0.4) is 0 Å². The second kappa shape index (κ2) is 14.7. The molecule has 1 aliphatic heterocycles. The Morgan fingerprint density at radius 2 is 0.821 bits per heavy atom. The zero-order chi connectivity index (χ0) is 37.3. The lowest BCUT2D eigenvalue weighted by atomic mass is 9.90. The van der Waals surface area contributed by atoms with Gasteiger partial charge in [0.2, 0.25) is 0 Å². The van der Waals surface area contributed by atoms with E-state index in [0.29, 0.717) is 23.3 Å². The molecular formula is C50H33N5S. The van der Waals surface area contributed by atoms with E-state index in [1.54, 1.807) is 0 Å². The molecule has 10 rings (SSSR count). The van der Waals surface area contributed by atoms with E-state index < -0.39 is 0 Å². The van der Waals surface area contributed by atoms with Gasteiger partial charge >= 0.3 is 0 Å². The summed E-state index contributed by atoms with van der Waals surface area (Å²) in [6, 6.07) is 64.7. The molecule has 0 aliphatic carbocycles. The highest BCUT2D eigenvalue weighted by molar-refractivity contribution is 7.99. The van der Waals surface area contributed by atoms with Crippen molar-refractivity contribution in [3.05, 3.63) is 199 Å². The lowest BCUT2D eigenvalue weighted by Gasteiger charge is -2.23. The first kappa shape index (κ1) is 33.5. The van der Waals surface area contributed by atoms with Crippen LogP contribution >= 0.6 is 11.8 Å². The number of rotatable bonds is 7. The van der Waals surface area contributed by atoms with Crippen LogP contribution in [-0.4, -0.2) is 24.9 Å². The van der Waals surface area contributed by atoms with Crippen molar-refractivity contribution in [2.45, 2.75) is 16.2 Å². The van der Waals surface area contributed by atoms with Gasteiger partial charge in [-0.3, -0.25) is 0 Å². The van der Waals surface area contributed by atoms with Gasteiger partial charge in [0.1, 0.15) is 0 Å². The fraction of sp³-hybridized carbons (Fsp3) is 0.0200. The maximum Gasteiger partial charge on any atom is 0.164 e. The van der Waals surface area contributed by atoms with Crippen molar-refractivity contribution in [2.75, 3.05) is 0 Å². The molecule has 0 saturated heterocycles. The quantitative estimate of drug-likeness (QED) is 0.162. The molecule has 0 radical (unpaired) electrons. The van der Waals surface area contributed by atoms with Crippen LogP contribution in [0.5, 0.6) is 0 Å². The van der Waals surface area contributed by atoms with Crippen molar-refractivity contribution in [2.24, 2.45) is 0 Å². The van der Waals surface area contributed by atoms with Gasteiger partial charge in [-0.2, -0.15) is 0 Å². The lowest BCUT2D eigenvalue weighted by Crippen LogP contribution is -2.04. The summed E-state index contributed by atoms with van der Waals surface area (Å²) in [5, 5.41) is 0. The molecular weight excluding hydrogens is 703 g/mol. The van der Waals surface area contributed by atoms with Crippen molar-refractivity contribution in [1.82, 2.24) is 24.9 Å². The van der Waals surface area contributed by atoms with Crippen LogP contribution in [-0.2, 0) is 6.42 Å². The Bertz CT molecular complexity index is 2730. The van der Waals surface area contributed by atoms with Gasteiger partial charge in [-0.25, -0.2) is 24.9 Å². The SMILES string of the molecule is c1ccc(-c2cc(-c3ccc(-c4cccc5c4Cc4ccccc4S5)c(-c4nc(-c5ccccc5)nc(-c5ccccc5)n4)c3)nc(-c3ccccc3)n2)cc1. The Morgan fingerprint density at radius 1 is 0.321 bits per heavy atom. The minimum Gasteiger partial charge on any atom is -0.228 e. The van der Waals surface area contributed by atoms with E-state index in [1.807, 2.05) is 109 Å². The highest BCUT2D eigenvalue weighted by atomic mass is 32.2. The summed E-state index contributed by atoms with van der Waals surface area (Å²) in [7, 11) is 0. The molecule has 0 atom stereocenters. The normalized spacial score (nSPS) is 11.8. The minimum absolute atomic E-state index is 0.594. The van der Waals surface area contributed by atoms with E-state index in [2.05, 4.69) is 91.0 Å². The number of hydrogen-bond acceptors (Lipinski definition) is 6. The van der Waals surface area contributed by atoms with Crippen molar-refractivity contribution in [1.29, 1.82) is 0 Å². The molecule has 0 unspecified atom stereocenters. The smallest absolute Gasteiger partial charge is 0.164 e. The molecule has 0 saturated carbocycles. The molecule has 0 spiro atoms. The highest BCUT2D eigenvalue weighted by Crippen LogP contribution is 2.45. The fourth-order valence-electron chi connectivity index (χ4n) is 7.28. The van der Waals surface area contributed by atoms with E-state index in [0.717, 1.165) is 62.3 Å². The highest BCUT2D eigenvalue weighted by Gasteiger charge is 2.23. The first-order chi connectivity index (χ1) is 27.7. The molecule has 3 heterocycles. The average molecular weight is 736 g/mol. The first-order valence-electron chi connectivity index (χ1n) is 18.6. The topological polar surface area (TPSA) is 64.5 Å². The molecule has 0 bridgehead atoms. The number of fused-ring (bicyclic) bond motifs is 2. The molecule has 6 heteroatoms. The third kappa shape index (κ3) is 6.57. The van der Waals surface area contributed by atoms with Crippen LogP contribution in [0.1, 0.15) is 11.1 Å². The summed E-state index contributed by atoms with van der Waals surface area (Å²) in [6.45, 7) is 0.